The second-order valence-electron chi connectivity index (χ2n) is 3.19. The van der Waals surface area contributed by atoms with Crippen LogP contribution in [0.4, 0.5) is 0 Å². The van der Waals surface area contributed by atoms with Gasteiger partial charge in [-0.25, -0.2) is 0 Å². The molecule has 2 unspecified atom stereocenters. The molecule has 1 heteroatoms. The predicted octanol–water partition coefficient (Wildman–Crippen LogP) is 2.38. The molecule has 1 heterocycles. The van der Waals surface area contributed by atoms with E-state index in [-0.39, 0.29) is 0 Å². The summed E-state index contributed by atoms with van der Waals surface area (Å²) in [7, 11) is 0. The molecular weight excluding hydrogens is 124 g/mol. The van der Waals surface area contributed by atoms with Crippen LogP contribution in [0.25, 0.3) is 0 Å². The Morgan fingerprint density at radius 3 is 2.80 bits per heavy atom. The molecule has 0 spiro atoms. The van der Waals surface area contributed by atoms with Crippen LogP contribution >= 0.6 is 0 Å². The molecule has 0 bridgehead atoms. The minimum Gasteiger partial charge on any atom is -0.378 e. The topological polar surface area (TPSA) is 9.23 Å². The summed E-state index contributed by atoms with van der Waals surface area (Å²) in [5.74, 6) is 0.544. The Morgan fingerprint density at radius 1 is 1.70 bits per heavy atom. The lowest BCUT2D eigenvalue weighted by Gasteiger charge is -2.17. The van der Waals surface area contributed by atoms with E-state index in [9.17, 15) is 0 Å². The van der Waals surface area contributed by atoms with Crippen LogP contribution in [0, 0.1) is 5.92 Å². The molecule has 1 rings (SSSR count). The normalized spacial score (nSPS) is 28.4. The van der Waals surface area contributed by atoms with Crippen molar-refractivity contribution in [3.05, 3.63) is 12.2 Å². The van der Waals surface area contributed by atoms with E-state index in [0.29, 0.717) is 12.0 Å². The van der Waals surface area contributed by atoms with Gasteiger partial charge in [0.1, 0.15) is 0 Å². The quantitative estimate of drug-likeness (QED) is 0.535. The van der Waals surface area contributed by atoms with Crippen LogP contribution < -0.4 is 0 Å². The van der Waals surface area contributed by atoms with Gasteiger partial charge in [-0.05, 0) is 19.8 Å². The predicted molar refractivity (Wildman–Crippen MR) is 43.0 cm³/mol. The number of rotatable bonds is 2. The van der Waals surface area contributed by atoms with E-state index in [1.807, 2.05) is 0 Å². The molecule has 1 aliphatic heterocycles. The molecule has 0 saturated carbocycles. The highest BCUT2D eigenvalue weighted by atomic mass is 16.5. The van der Waals surface area contributed by atoms with E-state index in [4.69, 9.17) is 4.74 Å². The Labute approximate surface area is 63.1 Å². The second kappa shape index (κ2) is 3.20. The summed E-state index contributed by atoms with van der Waals surface area (Å²) in [5, 5.41) is 0. The Kier molecular flexibility index (Phi) is 2.50. The monoisotopic (exact) mass is 140 g/mol. The lowest BCUT2D eigenvalue weighted by molar-refractivity contribution is 0.0813. The van der Waals surface area contributed by atoms with Crippen LogP contribution in [0.2, 0.25) is 0 Å². The van der Waals surface area contributed by atoms with Crippen molar-refractivity contribution in [1.29, 1.82) is 0 Å². The average molecular weight is 140 g/mol. The fourth-order valence-electron chi connectivity index (χ4n) is 1.31. The Balaban J connectivity index is 2.39. The SMILES string of the molecule is C=C(C)C(C)C1CCCO1. The lowest BCUT2D eigenvalue weighted by Crippen LogP contribution is -2.16. The maximum atomic E-state index is 5.52. The van der Waals surface area contributed by atoms with Gasteiger partial charge in [-0.3, -0.25) is 0 Å². The average Bonchev–Trinajstić information content (AvgIpc) is 2.36. The van der Waals surface area contributed by atoms with Crippen LogP contribution in [0.3, 0.4) is 0 Å². The number of hydrogen-bond donors (Lipinski definition) is 0. The molecule has 2 atom stereocenters. The minimum atomic E-state index is 0.456. The standard InChI is InChI=1S/C9H16O/c1-7(2)8(3)9-5-4-6-10-9/h8-9H,1,4-6H2,2-3H3. The van der Waals surface area contributed by atoms with Gasteiger partial charge in [0.15, 0.2) is 0 Å². The molecule has 1 nitrogen and oxygen atoms in total. The summed E-state index contributed by atoms with van der Waals surface area (Å²) in [6, 6.07) is 0. The van der Waals surface area contributed by atoms with Gasteiger partial charge in [-0.1, -0.05) is 19.1 Å². The summed E-state index contributed by atoms with van der Waals surface area (Å²) < 4.78 is 5.52. The van der Waals surface area contributed by atoms with E-state index >= 15 is 0 Å². The van der Waals surface area contributed by atoms with Gasteiger partial charge >= 0.3 is 0 Å². The first-order valence-corrected chi connectivity index (χ1v) is 3.99. The first-order valence-electron chi connectivity index (χ1n) is 3.99. The summed E-state index contributed by atoms with van der Waals surface area (Å²) in [4.78, 5) is 0. The highest BCUT2D eigenvalue weighted by Gasteiger charge is 2.22. The van der Waals surface area contributed by atoms with Crippen LogP contribution in [-0.2, 0) is 4.74 Å². The molecule has 58 valence electrons. The zero-order valence-corrected chi connectivity index (χ0v) is 6.89. The fraction of sp³-hybridized carbons (Fsp3) is 0.778. The van der Waals surface area contributed by atoms with Crippen LogP contribution in [-0.4, -0.2) is 12.7 Å². The van der Waals surface area contributed by atoms with Crippen LogP contribution in [0.5, 0.6) is 0 Å². The lowest BCUT2D eigenvalue weighted by atomic mass is 9.96. The van der Waals surface area contributed by atoms with Gasteiger partial charge in [0.25, 0.3) is 0 Å². The van der Waals surface area contributed by atoms with Gasteiger partial charge < -0.3 is 4.74 Å². The minimum absolute atomic E-state index is 0.456. The molecule has 10 heavy (non-hydrogen) atoms. The first kappa shape index (κ1) is 7.80. The molecule has 0 aromatic heterocycles. The zero-order chi connectivity index (χ0) is 7.56. The van der Waals surface area contributed by atoms with E-state index < -0.39 is 0 Å². The van der Waals surface area contributed by atoms with Crippen molar-refractivity contribution in [2.75, 3.05) is 6.61 Å². The van der Waals surface area contributed by atoms with E-state index in [2.05, 4.69) is 20.4 Å². The van der Waals surface area contributed by atoms with Crippen molar-refractivity contribution in [3.63, 3.8) is 0 Å². The van der Waals surface area contributed by atoms with E-state index in [0.717, 1.165) is 6.61 Å². The maximum Gasteiger partial charge on any atom is 0.0638 e. The summed E-state index contributed by atoms with van der Waals surface area (Å²) in [6.45, 7) is 9.13. The van der Waals surface area contributed by atoms with Gasteiger partial charge in [-0.15, -0.1) is 0 Å². The molecule has 0 aliphatic carbocycles. The maximum absolute atomic E-state index is 5.52. The van der Waals surface area contributed by atoms with Crippen molar-refractivity contribution in [1.82, 2.24) is 0 Å². The molecule has 0 amide bonds. The molecule has 0 N–H and O–H groups in total. The molecule has 1 fully saturated rings. The Morgan fingerprint density at radius 2 is 2.40 bits per heavy atom. The van der Waals surface area contributed by atoms with Gasteiger partial charge in [0.05, 0.1) is 6.10 Å². The molecule has 1 saturated heterocycles. The molecule has 0 radical (unpaired) electrons. The van der Waals surface area contributed by atoms with Crippen LogP contribution in [0.1, 0.15) is 26.7 Å². The third kappa shape index (κ3) is 1.60. The number of hydrogen-bond acceptors (Lipinski definition) is 1. The van der Waals surface area contributed by atoms with Crippen molar-refractivity contribution < 1.29 is 4.74 Å². The Hall–Kier alpha value is -0.300. The molecule has 0 aromatic rings. The van der Waals surface area contributed by atoms with E-state index in [1.165, 1.54) is 18.4 Å². The van der Waals surface area contributed by atoms with Crippen molar-refractivity contribution >= 4 is 0 Å². The van der Waals surface area contributed by atoms with E-state index in [1.54, 1.807) is 0 Å². The van der Waals surface area contributed by atoms with Gasteiger partial charge in [0.2, 0.25) is 0 Å². The second-order valence-corrected chi connectivity index (χ2v) is 3.19. The van der Waals surface area contributed by atoms with Crippen molar-refractivity contribution in [3.8, 4) is 0 Å². The highest BCUT2D eigenvalue weighted by Crippen LogP contribution is 2.24. The first-order chi connectivity index (χ1) is 4.72. The summed E-state index contributed by atoms with van der Waals surface area (Å²) >= 11 is 0. The third-order valence-electron chi connectivity index (χ3n) is 2.30. The fourth-order valence-corrected chi connectivity index (χ4v) is 1.31. The smallest absolute Gasteiger partial charge is 0.0638 e. The van der Waals surface area contributed by atoms with Crippen molar-refractivity contribution in [2.24, 2.45) is 5.92 Å². The molecule has 0 aromatic carbocycles. The molecule has 1 aliphatic rings. The van der Waals surface area contributed by atoms with Gasteiger partial charge in [0, 0.05) is 12.5 Å². The largest absolute Gasteiger partial charge is 0.378 e. The highest BCUT2D eigenvalue weighted by molar-refractivity contribution is 4.98. The van der Waals surface area contributed by atoms with Crippen molar-refractivity contribution in [2.45, 2.75) is 32.8 Å². The number of ether oxygens (including phenoxy) is 1. The zero-order valence-electron chi connectivity index (χ0n) is 6.89. The summed E-state index contributed by atoms with van der Waals surface area (Å²) in [6.07, 6.45) is 2.90. The Bertz CT molecular complexity index is 123. The third-order valence-corrected chi connectivity index (χ3v) is 2.30. The summed E-state index contributed by atoms with van der Waals surface area (Å²) in [5.41, 5.74) is 1.24. The van der Waals surface area contributed by atoms with Gasteiger partial charge in [-0.2, -0.15) is 0 Å². The molecular formula is C9H16O. The van der Waals surface area contributed by atoms with Crippen LogP contribution in [0.15, 0.2) is 12.2 Å².